The topological polar surface area (TPSA) is 0 Å². The Bertz CT molecular complexity index is 163. The van der Waals surface area contributed by atoms with E-state index in [1.165, 1.54) is 32.1 Å². The zero-order valence-electron chi connectivity index (χ0n) is 9.53. The zero-order valence-corrected chi connectivity index (χ0v) is 9.53. The fraction of sp³-hybridized carbons (Fsp3) is 0.692. The van der Waals surface area contributed by atoms with Gasteiger partial charge in [-0.3, -0.25) is 0 Å². The van der Waals surface area contributed by atoms with Gasteiger partial charge in [0, 0.05) is 0 Å². The molecule has 0 N–H and O–H groups in total. The van der Waals surface area contributed by atoms with Crippen molar-refractivity contribution in [1.29, 1.82) is 0 Å². The lowest BCUT2D eigenvalue weighted by Gasteiger charge is -2.11. The van der Waals surface area contributed by atoms with Crippen LogP contribution in [0.15, 0.2) is 23.8 Å². The van der Waals surface area contributed by atoms with Gasteiger partial charge in [-0.15, -0.1) is 6.58 Å². The van der Waals surface area contributed by atoms with Gasteiger partial charge in [0.2, 0.25) is 0 Å². The molecule has 0 aliphatic carbocycles. The van der Waals surface area contributed by atoms with E-state index in [1.807, 2.05) is 6.08 Å². The van der Waals surface area contributed by atoms with E-state index < -0.39 is 0 Å². The molecule has 0 heterocycles. The van der Waals surface area contributed by atoms with E-state index in [2.05, 4.69) is 27.4 Å². The minimum absolute atomic E-state index is 1.14. The first-order valence-electron chi connectivity index (χ1n) is 5.60. The summed E-state index contributed by atoms with van der Waals surface area (Å²) in [5.74, 6) is 0. The fourth-order valence-corrected chi connectivity index (χ4v) is 1.79. The summed E-state index contributed by atoms with van der Waals surface area (Å²) in [4.78, 5) is 0. The van der Waals surface area contributed by atoms with Crippen LogP contribution in [0.25, 0.3) is 0 Å². The second-order valence-electron chi connectivity index (χ2n) is 3.49. The summed E-state index contributed by atoms with van der Waals surface area (Å²) >= 11 is 0. The Morgan fingerprint density at radius 1 is 1.00 bits per heavy atom. The van der Waals surface area contributed by atoms with Crippen molar-refractivity contribution < 1.29 is 0 Å². The molecule has 76 valence electrons. The predicted octanol–water partition coefficient (Wildman–Crippen LogP) is 4.87. The van der Waals surface area contributed by atoms with Crippen LogP contribution in [0.3, 0.4) is 0 Å². The van der Waals surface area contributed by atoms with Crippen LogP contribution in [0.2, 0.25) is 0 Å². The molecule has 0 bridgehead atoms. The maximum Gasteiger partial charge on any atom is -0.0283 e. The molecule has 0 aliphatic rings. The molecule has 13 heavy (non-hydrogen) atoms. The predicted molar refractivity (Wildman–Crippen MR) is 61.9 cm³/mol. The first kappa shape index (κ1) is 12.5. The lowest BCUT2D eigenvalue weighted by Crippen LogP contribution is -1.91. The van der Waals surface area contributed by atoms with Crippen LogP contribution in [0.1, 0.15) is 59.3 Å². The summed E-state index contributed by atoms with van der Waals surface area (Å²) < 4.78 is 0. The summed E-state index contributed by atoms with van der Waals surface area (Å²) in [5, 5.41) is 0. The molecular weight excluding hydrogens is 156 g/mol. The van der Waals surface area contributed by atoms with Crippen molar-refractivity contribution >= 4 is 0 Å². The Balaban J connectivity index is 4.30. The molecule has 0 rings (SSSR count). The van der Waals surface area contributed by atoms with Crippen LogP contribution in [0.5, 0.6) is 0 Å². The van der Waals surface area contributed by atoms with Gasteiger partial charge in [-0.25, -0.2) is 0 Å². The second kappa shape index (κ2) is 8.10. The van der Waals surface area contributed by atoms with E-state index in [9.17, 15) is 0 Å². The molecule has 0 atom stereocenters. The maximum absolute atomic E-state index is 3.78. The highest BCUT2D eigenvalue weighted by atomic mass is 14.1. The lowest BCUT2D eigenvalue weighted by atomic mass is 9.96. The molecule has 0 radical (unpaired) electrons. The Hall–Kier alpha value is -0.520. The Labute approximate surface area is 83.7 Å². The van der Waals surface area contributed by atoms with Crippen LogP contribution in [-0.2, 0) is 0 Å². The normalized spacial score (nSPS) is 12.5. The third kappa shape index (κ3) is 4.92. The maximum atomic E-state index is 3.78. The minimum Gasteiger partial charge on any atom is -0.103 e. The SMILES string of the molecule is C=CCC/C(CC)=C(\CC)CCC. The summed E-state index contributed by atoms with van der Waals surface area (Å²) in [7, 11) is 0. The highest BCUT2D eigenvalue weighted by Gasteiger charge is 2.01. The van der Waals surface area contributed by atoms with Crippen molar-refractivity contribution in [2.24, 2.45) is 0 Å². The van der Waals surface area contributed by atoms with Gasteiger partial charge in [0.15, 0.2) is 0 Å². The quantitative estimate of drug-likeness (QED) is 0.490. The number of hydrogen-bond acceptors (Lipinski definition) is 0. The molecule has 0 aromatic rings. The van der Waals surface area contributed by atoms with Gasteiger partial charge < -0.3 is 0 Å². The van der Waals surface area contributed by atoms with Crippen LogP contribution in [-0.4, -0.2) is 0 Å². The summed E-state index contributed by atoms with van der Waals surface area (Å²) in [6, 6.07) is 0. The van der Waals surface area contributed by atoms with Crippen molar-refractivity contribution in [3.05, 3.63) is 23.8 Å². The van der Waals surface area contributed by atoms with Crippen LogP contribution in [0.4, 0.5) is 0 Å². The molecule has 0 saturated carbocycles. The van der Waals surface area contributed by atoms with Crippen molar-refractivity contribution in [3.8, 4) is 0 Å². The third-order valence-electron chi connectivity index (χ3n) is 2.56. The van der Waals surface area contributed by atoms with Crippen LogP contribution in [0, 0.1) is 0 Å². The molecule has 0 aromatic heterocycles. The lowest BCUT2D eigenvalue weighted by molar-refractivity contribution is 0.791. The van der Waals surface area contributed by atoms with Crippen molar-refractivity contribution in [1.82, 2.24) is 0 Å². The van der Waals surface area contributed by atoms with Gasteiger partial charge in [-0.2, -0.15) is 0 Å². The first-order chi connectivity index (χ1) is 6.29. The fourth-order valence-electron chi connectivity index (χ4n) is 1.79. The van der Waals surface area contributed by atoms with Crippen molar-refractivity contribution in [2.75, 3.05) is 0 Å². The molecule has 0 aliphatic heterocycles. The highest BCUT2D eigenvalue weighted by Crippen LogP contribution is 2.21. The van der Waals surface area contributed by atoms with E-state index in [1.54, 1.807) is 11.1 Å². The third-order valence-corrected chi connectivity index (χ3v) is 2.56. The van der Waals surface area contributed by atoms with Crippen molar-refractivity contribution in [3.63, 3.8) is 0 Å². The van der Waals surface area contributed by atoms with Gasteiger partial charge in [-0.05, 0) is 32.1 Å². The first-order valence-corrected chi connectivity index (χ1v) is 5.60. The highest BCUT2D eigenvalue weighted by molar-refractivity contribution is 5.14. The van der Waals surface area contributed by atoms with Gasteiger partial charge in [-0.1, -0.05) is 44.4 Å². The molecule has 0 amide bonds. The van der Waals surface area contributed by atoms with E-state index in [0.29, 0.717) is 0 Å². The Kier molecular flexibility index (Phi) is 7.77. The number of hydrogen-bond donors (Lipinski definition) is 0. The molecular formula is C13H24. The van der Waals surface area contributed by atoms with Crippen LogP contribution < -0.4 is 0 Å². The van der Waals surface area contributed by atoms with Gasteiger partial charge in [0.25, 0.3) is 0 Å². The van der Waals surface area contributed by atoms with E-state index in [0.717, 1.165) is 6.42 Å². The largest absolute Gasteiger partial charge is 0.103 e. The second-order valence-corrected chi connectivity index (χ2v) is 3.49. The molecule has 0 spiro atoms. The molecule has 0 fully saturated rings. The monoisotopic (exact) mass is 180 g/mol. The summed E-state index contributed by atoms with van der Waals surface area (Å²) in [6.07, 6.45) is 9.40. The summed E-state index contributed by atoms with van der Waals surface area (Å²) in [6.45, 7) is 10.6. The smallest absolute Gasteiger partial charge is 0.0283 e. The Morgan fingerprint density at radius 2 is 1.54 bits per heavy atom. The standard InChI is InChI=1S/C13H24/c1-5-9-11-13(8-4)12(7-3)10-6-2/h5H,1,6-11H2,2-4H3/b13-12+. The minimum atomic E-state index is 1.14. The molecule has 0 aromatic carbocycles. The molecule has 0 saturated heterocycles. The van der Waals surface area contributed by atoms with E-state index in [-0.39, 0.29) is 0 Å². The van der Waals surface area contributed by atoms with Gasteiger partial charge >= 0.3 is 0 Å². The average molecular weight is 180 g/mol. The zero-order chi connectivity index (χ0) is 10.1. The Morgan fingerprint density at radius 3 is 1.92 bits per heavy atom. The summed E-state index contributed by atoms with van der Waals surface area (Å²) in [5.41, 5.74) is 3.36. The molecule has 0 unspecified atom stereocenters. The molecule has 0 nitrogen and oxygen atoms in total. The van der Waals surface area contributed by atoms with E-state index >= 15 is 0 Å². The average Bonchev–Trinajstić information content (AvgIpc) is 2.17. The number of allylic oxidation sites excluding steroid dienone is 3. The van der Waals surface area contributed by atoms with Crippen LogP contribution >= 0.6 is 0 Å². The van der Waals surface area contributed by atoms with Gasteiger partial charge in [0.1, 0.15) is 0 Å². The van der Waals surface area contributed by atoms with E-state index in [4.69, 9.17) is 0 Å². The molecule has 0 heteroatoms. The van der Waals surface area contributed by atoms with Gasteiger partial charge in [0.05, 0.1) is 0 Å². The van der Waals surface area contributed by atoms with Crippen molar-refractivity contribution in [2.45, 2.75) is 59.3 Å². The number of rotatable bonds is 7.